The highest BCUT2D eigenvalue weighted by atomic mass is 32.1. The number of carbonyl (C=O) groups is 1. The molecule has 1 aliphatic rings. The Morgan fingerprint density at radius 1 is 1.48 bits per heavy atom. The van der Waals surface area contributed by atoms with Crippen molar-refractivity contribution < 1.29 is 9.53 Å². The van der Waals surface area contributed by atoms with E-state index in [4.69, 9.17) is 4.74 Å². The average Bonchev–Trinajstić information content (AvgIpc) is 3.06. The van der Waals surface area contributed by atoms with Gasteiger partial charge in [0, 0.05) is 24.7 Å². The third-order valence-corrected chi connectivity index (χ3v) is 4.91. The fourth-order valence-corrected chi connectivity index (χ4v) is 3.92. The number of nitrogens with zero attached hydrogens (tertiary/aromatic N) is 1. The topological polar surface area (TPSA) is 41.6 Å². The molecule has 1 aromatic heterocycles. The van der Waals surface area contributed by atoms with Gasteiger partial charge in [0.05, 0.1) is 0 Å². The maximum atomic E-state index is 12.3. The highest BCUT2D eigenvalue weighted by Gasteiger charge is 2.33. The first-order chi connectivity index (χ1) is 10.8. The fraction of sp³-hybridized carbons (Fsp3) is 0.722. The first kappa shape index (κ1) is 18.3. The summed E-state index contributed by atoms with van der Waals surface area (Å²) < 4.78 is 5.54. The molecular weight excluding hydrogens is 308 g/mol. The summed E-state index contributed by atoms with van der Waals surface area (Å²) in [4.78, 5) is 14.3. The van der Waals surface area contributed by atoms with Crippen LogP contribution in [0.25, 0.3) is 0 Å². The summed E-state index contributed by atoms with van der Waals surface area (Å²) in [6.45, 7) is 11.0. The Labute approximate surface area is 144 Å². The normalized spacial score (nSPS) is 21.3. The van der Waals surface area contributed by atoms with Gasteiger partial charge in [0.2, 0.25) is 0 Å². The predicted octanol–water partition coefficient (Wildman–Crippen LogP) is 4.58. The molecule has 0 aromatic carbocycles. The molecule has 4 nitrogen and oxygen atoms in total. The van der Waals surface area contributed by atoms with Crippen molar-refractivity contribution in [2.75, 3.05) is 6.54 Å². The summed E-state index contributed by atoms with van der Waals surface area (Å²) in [6.07, 6.45) is 2.93. The predicted molar refractivity (Wildman–Crippen MR) is 95.9 cm³/mol. The Hall–Kier alpha value is -1.07. The third-order valence-electron chi connectivity index (χ3n) is 4.21. The van der Waals surface area contributed by atoms with Gasteiger partial charge in [-0.05, 0) is 76.3 Å². The Morgan fingerprint density at radius 3 is 2.83 bits per heavy atom. The van der Waals surface area contributed by atoms with Crippen LogP contribution in [0, 0.1) is 0 Å². The van der Waals surface area contributed by atoms with Gasteiger partial charge >= 0.3 is 6.09 Å². The Kier molecular flexibility index (Phi) is 6.09. The molecule has 0 bridgehead atoms. The van der Waals surface area contributed by atoms with Crippen LogP contribution in [0.5, 0.6) is 0 Å². The van der Waals surface area contributed by atoms with E-state index in [1.807, 2.05) is 25.7 Å². The summed E-state index contributed by atoms with van der Waals surface area (Å²) in [7, 11) is 0. The number of nitrogens with one attached hydrogen (secondary N) is 1. The van der Waals surface area contributed by atoms with Gasteiger partial charge in [-0.2, -0.15) is 11.3 Å². The first-order valence-corrected chi connectivity index (χ1v) is 9.48. The SMILES string of the molecule is CC(CC1CCCN1C(=O)OC(C)(C)C)NC(C)c1ccsc1. The molecule has 23 heavy (non-hydrogen) atoms. The van der Waals surface area contributed by atoms with Crippen molar-refractivity contribution in [1.29, 1.82) is 0 Å². The Bertz CT molecular complexity index is 496. The minimum Gasteiger partial charge on any atom is -0.444 e. The molecule has 3 atom stereocenters. The lowest BCUT2D eigenvalue weighted by atomic mass is 10.0. The summed E-state index contributed by atoms with van der Waals surface area (Å²) in [5.74, 6) is 0. The molecule has 1 aliphatic heterocycles. The quantitative estimate of drug-likeness (QED) is 0.854. The average molecular weight is 339 g/mol. The number of hydrogen-bond acceptors (Lipinski definition) is 4. The molecule has 2 heterocycles. The smallest absolute Gasteiger partial charge is 0.410 e. The number of likely N-dealkylation sites (tertiary alicyclic amines) is 1. The van der Waals surface area contributed by atoms with Crippen molar-refractivity contribution in [3.63, 3.8) is 0 Å². The number of rotatable bonds is 5. The number of amides is 1. The van der Waals surface area contributed by atoms with E-state index in [9.17, 15) is 4.79 Å². The molecule has 1 fully saturated rings. The zero-order valence-corrected chi connectivity index (χ0v) is 15.8. The summed E-state index contributed by atoms with van der Waals surface area (Å²) in [6, 6.07) is 3.14. The molecular formula is C18H30N2O2S. The monoisotopic (exact) mass is 338 g/mol. The second kappa shape index (κ2) is 7.67. The van der Waals surface area contributed by atoms with Gasteiger partial charge in [-0.3, -0.25) is 0 Å². The highest BCUT2D eigenvalue weighted by molar-refractivity contribution is 7.07. The van der Waals surface area contributed by atoms with E-state index >= 15 is 0 Å². The van der Waals surface area contributed by atoms with Crippen LogP contribution in [-0.4, -0.2) is 35.2 Å². The summed E-state index contributed by atoms with van der Waals surface area (Å²) in [5, 5.41) is 7.94. The standard InChI is InChI=1S/C18H30N2O2S/c1-13(19-14(2)15-8-10-23-12-15)11-16-7-6-9-20(16)17(21)22-18(3,4)5/h8,10,12-14,16,19H,6-7,9,11H2,1-5H3. The van der Waals surface area contributed by atoms with Crippen LogP contribution in [0.1, 0.15) is 65.5 Å². The fourth-order valence-electron chi connectivity index (χ4n) is 3.16. The Balaban J connectivity index is 1.86. The van der Waals surface area contributed by atoms with E-state index in [2.05, 4.69) is 36.0 Å². The number of carbonyl (C=O) groups excluding carboxylic acids is 1. The molecule has 0 aliphatic carbocycles. The van der Waals surface area contributed by atoms with Gasteiger partial charge in [0.25, 0.3) is 0 Å². The second-order valence-corrected chi connectivity index (χ2v) is 8.33. The number of thiophene rings is 1. The molecule has 1 aromatic rings. The van der Waals surface area contributed by atoms with Gasteiger partial charge in [-0.1, -0.05) is 0 Å². The van der Waals surface area contributed by atoms with Crippen LogP contribution in [0.4, 0.5) is 4.79 Å². The van der Waals surface area contributed by atoms with Crippen molar-refractivity contribution >= 4 is 17.4 Å². The van der Waals surface area contributed by atoms with Crippen molar-refractivity contribution in [2.24, 2.45) is 0 Å². The molecule has 0 spiro atoms. The zero-order chi connectivity index (χ0) is 17.0. The number of ether oxygens (including phenoxy) is 1. The molecule has 1 amide bonds. The highest BCUT2D eigenvalue weighted by Crippen LogP contribution is 2.25. The van der Waals surface area contributed by atoms with E-state index in [0.29, 0.717) is 12.1 Å². The molecule has 0 saturated carbocycles. The van der Waals surface area contributed by atoms with Crippen molar-refractivity contribution in [2.45, 2.75) is 77.6 Å². The molecule has 1 saturated heterocycles. The van der Waals surface area contributed by atoms with Crippen molar-refractivity contribution in [3.8, 4) is 0 Å². The largest absolute Gasteiger partial charge is 0.444 e. The van der Waals surface area contributed by atoms with E-state index in [0.717, 1.165) is 25.8 Å². The van der Waals surface area contributed by atoms with E-state index < -0.39 is 5.60 Å². The van der Waals surface area contributed by atoms with Crippen LogP contribution in [0.2, 0.25) is 0 Å². The molecule has 1 N–H and O–H groups in total. The number of hydrogen-bond donors (Lipinski definition) is 1. The van der Waals surface area contributed by atoms with Crippen LogP contribution in [-0.2, 0) is 4.74 Å². The zero-order valence-electron chi connectivity index (χ0n) is 15.0. The van der Waals surface area contributed by atoms with Gasteiger partial charge < -0.3 is 15.0 Å². The van der Waals surface area contributed by atoms with Gasteiger partial charge in [-0.15, -0.1) is 0 Å². The first-order valence-electron chi connectivity index (χ1n) is 8.54. The maximum Gasteiger partial charge on any atom is 0.410 e. The van der Waals surface area contributed by atoms with Crippen LogP contribution in [0.3, 0.4) is 0 Å². The molecule has 0 radical (unpaired) electrons. The molecule has 5 heteroatoms. The minimum atomic E-state index is -0.429. The van der Waals surface area contributed by atoms with Crippen LogP contribution < -0.4 is 5.32 Å². The van der Waals surface area contributed by atoms with Crippen LogP contribution in [0.15, 0.2) is 16.8 Å². The lowest BCUT2D eigenvalue weighted by molar-refractivity contribution is 0.0214. The lowest BCUT2D eigenvalue weighted by Crippen LogP contribution is -2.42. The van der Waals surface area contributed by atoms with Gasteiger partial charge in [0.15, 0.2) is 0 Å². The van der Waals surface area contributed by atoms with E-state index in [1.165, 1.54) is 5.56 Å². The molecule has 130 valence electrons. The molecule has 2 rings (SSSR count). The van der Waals surface area contributed by atoms with Gasteiger partial charge in [-0.25, -0.2) is 4.79 Å². The summed E-state index contributed by atoms with van der Waals surface area (Å²) in [5.41, 5.74) is 0.902. The Morgan fingerprint density at radius 2 is 2.22 bits per heavy atom. The molecule has 3 unspecified atom stereocenters. The van der Waals surface area contributed by atoms with Crippen LogP contribution >= 0.6 is 11.3 Å². The summed E-state index contributed by atoms with van der Waals surface area (Å²) >= 11 is 1.73. The lowest BCUT2D eigenvalue weighted by Gasteiger charge is -2.30. The second-order valence-electron chi connectivity index (χ2n) is 7.55. The van der Waals surface area contributed by atoms with E-state index in [-0.39, 0.29) is 12.1 Å². The van der Waals surface area contributed by atoms with Crippen molar-refractivity contribution in [3.05, 3.63) is 22.4 Å². The van der Waals surface area contributed by atoms with Gasteiger partial charge in [0.1, 0.15) is 5.60 Å². The minimum absolute atomic E-state index is 0.168. The van der Waals surface area contributed by atoms with E-state index in [1.54, 1.807) is 11.3 Å². The third kappa shape index (κ3) is 5.50. The maximum absolute atomic E-state index is 12.3. The van der Waals surface area contributed by atoms with Crippen molar-refractivity contribution in [1.82, 2.24) is 10.2 Å².